The van der Waals surface area contributed by atoms with Crippen molar-refractivity contribution in [2.75, 3.05) is 26.4 Å². The predicted octanol–water partition coefficient (Wildman–Crippen LogP) is -0.218. The third kappa shape index (κ3) is 6.94. The Morgan fingerprint density at radius 3 is 1.92 bits per heavy atom. The van der Waals surface area contributed by atoms with Crippen LogP contribution >= 0.6 is 0 Å². The molecule has 64 heavy (non-hydrogen) atoms. The van der Waals surface area contributed by atoms with Crippen LogP contribution in [0.3, 0.4) is 0 Å². The molecule has 4 aliphatic carbocycles. The van der Waals surface area contributed by atoms with Crippen LogP contribution in [0.25, 0.3) is 0 Å². The van der Waals surface area contributed by atoms with E-state index < -0.39 is 122 Å². The van der Waals surface area contributed by atoms with E-state index in [1.807, 2.05) is 6.92 Å². The first kappa shape index (κ1) is 48.1. The van der Waals surface area contributed by atoms with Crippen molar-refractivity contribution in [2.24, 2.45) is 51.2 Å². The fourth-order valence-corrected chi connectivity index (χ4v) is 15.6. The smallest absolute Gasteiger partial charge is 0.190 e. The lowest BCUT2D eigenvalue weighted by atomic mass is 9.35. The maximum atomic E-state index is 12.4. The second-order valence-electron chi connectivity index (χ2n) is 22.5. The SMILES string of the molecule is CC(C)=C[C@@H]1CO[C@]23C[C@]4(CO2)C(CCC2[C@@]5(C)CC[C@H](O[C@@H]6O[C@H](O)[C@@H](O)[C@H](O[C@@H]7O[C@H](CO)[C@@H](O)[C@H](O)[C@H]7O)[C@H]6O[C@@H]6O[C@@H](CO)[C@H](O)[C@H]6O)C(C)(C)C5CC[C@]24C)C3[C@@]1(C)O. The van der Waals surface area contributed by atoms with Crippen LogP contribution in [-0.2, 0) is 37.9 Å². The number of fused-ring (bicyclic) bond motifs is 4. The van der Waals surface area contributed by atoms with Gasteiger partial charge in [0.15, 0.2) is 30.9 Å². The Hall–Kier alpha value is -0.980. The highest BCUT2D eigenvalue weighted by Crippen LogP contribution is 2.80. The van der Waals surface area contributed by atoms with Crippen molar-refractivity contribution in [3.8, 4) is 0 Å². The van der Waals surface area contributed by atoms with Gasteiger partial charge in [-0.1, -0.05) is 39.3 Å². The van der Waals surface area contributed by atoms with Gasteiger partial charge < -0.3 is 89.0 Å². The molecule has 2 spiro atoms. The lowest BCUT2D eigenvalue weighted by Gasteiger charge is -2.70. The molecule has 18 heteroatoms. The standard InChI is InChI=1S/C46H74O18/c1-20(2)14-21-17-57-46-18-45(19-58-46)22(36(46)44(21,7)56)8-9-26-42(5)12-11-27(41(3,4)25(42)10-13-43(26,45)6)61-40-35(63-38-31(52)29(50)24(16-48)60-38)34(33(54)37(55)64-40)62-39-32(53)30(51)28(49)23(15-47)59-39/h14,21-40,47-56H,8-13,15-19H2,1-7H3/t21-,22?,23-,24+,25?,26?,27+,28-,29+,30+,31-,32-,33+,34+,35-,36?,37+,38+,39+,40-,42+,43-,44+,45+,46-/m1/s1. The molecule has 9 rings (SSSR count). The molecule has 0 aromatic heterocycles. The van der Waals surface area contributed by atoms with Crippen LogP contribution in [-0.4, -0.2) is 181 Å². The highest BCUT2D eigenvalue weighted by molar-refractivity contribution is 5.27. The van der Waals surface area contributed by atoms with E-state index in [1.165, 1.54) is 0 Å². The largest absolute Gasteiger partial charge is 0.394 e. The molecule has 18 nitrogen and oxygen atoms in total. The topological polar surface area (TPSA) is 276 Å². The van der Waals surface area contributed by atoms with Crippen LogP contribution < -0.4 is 0 Å². The fourth-order valence-electron chi connectivity index (χ4n) is 15.6. The zero-order chi connectivity index (χ0) is 46.3. The maximum Gasteiger partial charge on any atom is 0.190 e. The molecule has 4 unspecified atom stereocenters. The minimum absolute atomic E-state index is 0.100. The number of hydrogen-bond donors (Lipinski definition) is 10. The van der Waals surface area contributed by atoms with Crippen molar-refractivity contribution < 1.29 is 89.0 Å². The van der Waals surface area contributed by atoms with Crippen LogP contribution in [0.15, 0.2) is 11.6 Å². The Balaban J connectivity index is 0.982. The monoisotopic (exact) mass is 914 g/mol. The van der Waals surface area contributed by atoms with Gasteiger partial charge in [0.25, 0.3) is 0 Å². The van der Waals surface area contributed by atoms with Crippen LogP contribution in [0.4, 0.5) is 0 Å². The number of rotatable bonds is 9. The van der Waals surface area contributed by atoms with Gasteiger partial charge in [0, 0.05) is 23.7 Å². The van der Waals surface area contributed by atoms with Crippen molar-refractivity contribution >= 4 is 0 Å². The first-order valence-corrected chi connectivity index (χ1v) is 23.6. The van der Waals surface area contributed by atoms with Gasteiger partial charge in [-0.2, -0.15) is 0 Å². The zero-order valence-corrected chi connectivity index (χ0v) is 38.1. The number of ether oxygens (including phenoxy) is 8. The quantitative estimate of drug-likeness (QED) is 0.106. The molecule has 366 valence electrons. The highest BCUT2D eigenvalue weighted by atomic mass is 16.8. The van der Waals surface area contributed by atoms with Crippen LogP contribution in [0.5, 0.6) is 0 Å². The van der Waals surface area contributed by atoms with Crippen LogP contribution in [0.1, 0.15) is 93.4 Å². The molecule has 0 radical (unpaired) electrons. The second kappa shape index (κ2) is 16.6. The van der Waals surface area contributed by atoms with Gasteiger partial charge in [0.2, 0.25) is 0 Å². The number of allylic oxidation sites excluding steroid dienone is 1. The van der Waals surface area contributed by atoms with Gasteiger partial charge in [-0.25, -0.2) is 0 Å². The number of aliphatic hydroxyl groups is 10. The first-order valence-electron chi connectivity index (χ1n) is 23.6. The van der Waals surface area contributed by atoms with E-state index in [-0.39, 0.29) is 39.9 Å². The summed E-state index contributed by atoms with van der Waals surface area (Å²) >= 11 is 0. The van der Waals surface area contributed by atoms with E-state index in [0.717, 1.165) is 44.1 Å². The molecule has 5 heterocycles. The molecule has 25 atom stereocenters. The number of aliphatic hydroxyl groups excluding tert-OH is 9. The van der Waals surface area contributed by atoms with E-state index in [9.17, 15) is 51.1 Å². The Bertz CT molecular complexity index is 1740. The summed E-state index contributed by atoms with van der Waals surface area (Å²) in [6.07, 6.45) is -15.6. The van der Waals surface area contributed by atoms with E-state index >= 15 is 0 Å². The lowest BCUT2D eigenvalue weighted by Crippen LogP contribution is -2.68. The summed E-state index contributed by atoms with van der Waals surface area (Å²) in [4.78, 5) is 0. The first-order chi connectivity index (χ1) is 30.0. The summed E-state index contributed by atoms with van der Waals surface area (Å²) in [5, 5.41) is 108. The van der Waals surface area contributed by atoms with Crippen LogP contribution in [0, 0.1) is 51.2 Å². The molecule has 9 aliphatic rings. The zero-order valence-electron chi connectivity index (χ0n) is 38.1. The van der Waals surface area contributed by atoms with Gasteiger partial charge in [0.05, 0.1) is 38.1 Å². The molecule has 10 N–H and O–H groups in total. The van der Waals surface area contributed by atoms with Gasteiger partial charge in [-0.15, -0.1) is 0 Å². The van der Waals surface area contributed by atoms with Gasteiger partial charge in [0.1, 0.15) is 61.0 Å². The van der Waals surface area contributed by atoms with Crippen LogP contribution in [0.2, 0.25) is 0 Å². The normalized spacial score (nSPS) is 57.6. The van der Waals surface area contributed by atoms with Gasteiger partial charge in [-0.3, -0.25) is 0 Å². The summed E-state index contributed by atoms with van der Waals surface area (Å²) in [6, 6.07) is 0. The minimum Gasteiger partial charge on any atom is -0.394 e. The molecule has 4 saturated carbocycles. The molecule has 0 aromatic carbocycles. The van der Waals surface area contributed by atoms with Crippen molar-refractivity contribution in [3.05, 3.63) is 11.6 Å². The average Bonchev–Trinajstić information content (AvgIpc) is 3.86. The Morgan fingerprint density at radius 2 is 1.28 bits per heavy atom. The summed E-state index contributed by atoms with van der Waals surface area (Å²) in [5.41, 5.74) is -0.737. The molecule has 9 fully saturated rings. The average molecular weight is 915 g/mol. The number of hydrogen-bond acceptors (Lipinski definition) is 18. The summed E-state index contributed by atoms with van der Waals surface area (Å²) < 4.78 is 49.9. The van der Waals surface area contributed by atoms with E-state index in [0.29, 0.717) is 25.6 Å². The van der Waals surface area contributed by atoms with Crippen molar-refractivity contribution in [2.45, 2.75) is 197 Å². The van der Waals surface area contributed by atoms with Crippen molar-refractivity contribution in [1.82, 2.24) is 0 Å². The van der Waals surface area contributed by atoms with E-state index in [4.69, 9.17) is 37.9 Å². The molecule has 0 amide bonds. The third-order valence-electron chi connectivity index (χ3n) is 18.8. The van der Waals surface area contributed by atoms with Crippen molar-refractivity contribution in [3.63, 3.8) is 0 Å². The van der Waals surface area contributed by atoms with Crippen molar-refractivity contribution in [1.29, 1.82) is 0 Å². The predicted molar refractivity (Wildman–Crippen MR) is 220 cm³/mol. The summed E-state index contributed by atoms with van der Waals surface area (Å²) in [5.74, 6) is -0.345. The second-order valence-corrected chi connectivity index (χ2v) is 22.5. The van der Waals surface area contributed by atoms with Gasteiger partial charge >= 0.3 is 0 Å². The molecule has 0 aromatic rings. The lowest BCUT2D eigenvalue weighted by molar-refractivity contribution is -0.405. The minimum atomic E-state index is -1.93. The van der Waals surface area contributed by atoms with Gasteiger partial charge in [-0.05, 0) is 93.3 Å². The van der Waals surface area contributed by atoms with E-state index in [2.05, 4.69) is 47.6 Å². The Morgan fingerprint density at radius 1 is 0.656 bits per heavy atom. The molecule has 2 bridgehead atoms. The third-order valence-corrected chi connectivity index (χ3v) is 18.8. The summed E-state index contributed by atoms with van der Waals surface area (Å²) in [6.45, 7) is 15.0. The molecule has 5 aliphatic heterocycles. The Labute approximate surface area is 374 Å². The maximum absolute atomic E-state index is 12.4. The molecular formula is C46H74O18. The Kier molecular flexibility index (Phi) is 12.4. The highest BCUT2D eigenvalue weighted by Gasteiger charge is 2.81. The molecule has 5 saturated heterocycles. The van der Waals surface area contributed by atoms with E-state index in [1.54, 1.807) is 0 Å². The summed E-state index contributed by atoms with van der Waals surface area (Å²) in [7, 11) is 0. The fraction of sp³-hybridized carbons (Fsp3) is 0.957. The molecular weight excluding hydrogens is 840 g/mol.